The molecule has 3 N–H and O–H groups in total. The van der Waals surface area contributed by atoms with Gasteiger partial charge in [-0.1, -0.05) is 60.6 Å². The van der Waals surface area contributed by atoms with Crippen molar-refractivity contribution >= 4 is 5.91 Å². The fourth-order valence-electron chi connectivity index (χ4n) is 5.19. The largest absolute Gasteiger partial charge is 0.392 e. The van der Waals surface area contributed by atoms with Gasteiger partial charge in [0.15, 0.2) is 0 Å². The lowest BCUT2D eigenvalue weighted by Crippen LogP contribution is -2.23. The van der Waals surface area contributed by atoms with E-state index in [1.54, 1.807) is 0 Å². The minimum Gasteiger partial charge on any atom is -0.392 e. The first-order chi connectivity index (χ1) is 15.0. The lowest BCUT2D eigenvalue weighted by Gasteiger charge is -2.19. The van der Waals surface area contributed by atoms with Crippen molar-refractivity contribution in [1.82, 2.24) is 5.32 Å². The molecule has 1 aromatic rings. The summed E-state index contributed by atoms with van der Waals surface area (Å²) in [6, 6.07) is 8.24. The van der Waals surface area contributed by atoms with Gasteiger partial charge in [0.05, 0.1) is 12.2 Å². The number of benzene rings is 1. The van der Waals surface area contributed by atoms with Crippen LogP contribution in [-0.2, 0) is 11.2 Å². The molecule has 1 aromatic carbocycles. The van der Waals surface area contributed by atoms with Crippen LogP contribution in [0.5, 0.6) is 0 Å². The molecule has 0 heterocycles. The molecule has 2 aliphatic carbocycles. The van der Waals surface area contributed by atoms with Crippen molar-refractivity contribution in [2.24, 2.45) is 17.8 Å². The number of hydrogen-bond acceptors (Lipinski definition) is 3. The SMILES string of the molecule is CCCNC(=O)CCCCC1=C[C@H]2C[C@@H](O)[C@H](C=C[C@H](O)Cc3cccc(C)c3)[C@H]2C1. The minimum absolute atomic E-state index is 0.116. The highest BCUT2D eigenvalue weighted by Gasteiger charge is 2.43. The first-order valence-corrected chi connectivity index (χ1v) is 12.0. The lowest BCUT2D eigenvalue weighted by molar-refractivity contribution is -0.121. The van der Waals surface area contributed by atoms with Gasteiger partial charge < -0.3 is 15.5 Å². The van der Waals surface area contributed by atoms with Crippen molar-refractivity contribution in [2.45, 2.75) is 77.4 Å². The van der Waals surface area contributed by atoms with Gasteiger partial charge in [-0.2, -0.15) is 0 Å². The third kappa shape index (κ3) is 7.05. The second kappa shape index (κ2) is 11.6. The Balaban J connectivity index is 1.44. The maximum Gasteiger partial charge on any atom is 0.219 e. The average molecular weight is 426 g/mol. The molecular formula is C27H39NO3. The van der Waals surface area contributed by atoms with E-state index >= 15 is 0 Å². The van der Waals surface area contributed by atoms with Crippen molar-refractivity contribution in [3.63, 3.8) is 0 Å². The van der Waals surface area contributed by atoms with Crippen molar-refractivity contribution in [1.29, 1.82) is 0 Å². The first-order valence-electron chi connectivity index (χ1n) is 12.0. The number of hydrogen-bond donors (Lipinski definition) is 3. The van der Waals surface area contributed by atoms with E-state index in [-0.39, 0.29) is 17.9 Å². The second-order valence-corrected chi connectivity index (χ2v) is 9.44. The molecule has 0 aromatic heterocycles. The molecule has 4 nitrogen and oxygen atoms in total. The fourth-order valence-corrected chi connectivity index (χ4v) is 5.19. The molecule has 5 atom stereocenters. The number of unbranched alkanes of at least 4 members (excludes halogenated alkanes) is 1. The van der Waals surface area contributed by atoms with E-state index in [0.717, 1.165) is 50.6 Å². The quantitative estimate of drug-likeness (QED) is 0.361. The number of amides is 1. The van der Waals surface area contributed by atoms with Gasteiger partial charge in [-0.05, 0) is 62.8 Å². The summed E-state index contributed by atoms with van der Waals surface area (Å²) in [5.41, 5.74) is 3.82. The van der Waals surface area contributed by atoms with Crippen LogP contribution in [0, 0.1) is 24.7 Å². The Morgan fingerprint density at radius 1 is 1.32 bits per heavy atom. The summed E-state index contributed by atoms with van der Waals surface area (Å²) in [4.78, 5) is 11.7. The van der Waals surface area contributed by atoms with Crippen LogP contribution >= 0.6 is 0 Å². The van der Waals surface area contributed by atoms with E-state index < -0.39 is 6.10 Å². The highest BCUT2D eigenvalue weighted by molar-refractivity contribution is 5.75. The molecule has 0 unspecified atom stereocenters. The number of aryl methyl sites for hydroxylation is 1. The monoisotopic (exact) mass is 425 g/mol. The number of nitrogens with one attached hydrogen (secondary N) is 1. The fraction of sp³-hybridized carbons (Fsp3) is 0.593. The highest BCUT2D eigenvalue weighted by Crippen LogP contribution is 2.48. The summed E-state index contributed by atoms with van der Waals surface area (Å²) in [6.07, 6.45) is 12.5. The predicted molar refractivity (Wildman–Crippen MR) is 126 cm³/mol. The number of carbonyl (C=O) groups excluding carboxylic acids is 1. The molecule has 0 saturated heterocycles. The van der Waals surface area contributed by atoms with Gasteiger partial charge in [0.1, 0.15) is 0 Å². The Hall–Kier alpha value is -1.91. The van der Waals surface area contributed by atoms with Gasteiger partial charge in [-0.25, -0.2) is 0 Å². The minimum atomic E-state index is -0.527. The van der Waals surface area contributed by atoms with E-state index in [9.17, 15) is 15.0 Å². The summed E-state index contributed by atoms with van der Waals surface area (Å²) in [6.45, 7) is 4.89. The molecule has 2 aliphatic rings. The molecule has 0 radical (unpaired) electrons. The van der Waals surface area contributed by atoms with Gasteiger partial charge in [-0.15, -0.1) is 0 Å². The maximum atomic E-state index is 11.7. The number of rotatable bonds is 11. The number of carbonyl (C=O) groups is 1. The zero-order chi connectivity index (χ0) is 22.2. The molecular weight excluding hydrogens is 386 g/mol. The van der Waals surface area contributed by atoms with Crippen LogP contribution in [-0.4, -0.2) is 34.9 Å². The van der Waals surface area contributed by atoms with E-state index in [4.69, 9.17) is 0 Å². The van der Waals surface area contributed by atoms with Gasteiger partial charge in [0.2, 0.25) is 5.91 Å². The maximum absolute atomic E-state index is 11.7. The number of aliphatic hydroxyl groups is 2. The standard InChI is InChI=1S/C27H39NO3/c1-3-13-28-27(31)10-5-4-8-21-15-22-18-26(30)24(25(22)17-21)12-11-23(29)16-20-9-6-7-19(2)14-20/h6-7,9,11-12,14-15,22-26,29-30H,3-5,8,10,13,16-18H2,1-2H3,(H,28,31)/t22-,23-,24+,25-,26+/m0/s1. The van der Waals surface area contributed by atoms with Crippen LogP contribution in [0.4, 0.5) is 0 Å². The van der Waals surface area contributed by atoms with Crippen LogP contribution in [0.3, 0.4) is 0 Å². The second-order valence-electron chi connectivity index (χ2n) is 9.44. The molecule has 31 heavy (non-hydrogen) atoms. The van der Waals surface area contributed by atoms with E-state index in [2.05, 4.69) is 43.4 Å². The molecule has 1 amide bonds. The summed E-state index contributed by atoms with van der Waals surface area (Å²) in [5, 5.41) is 24.0. The van der Waals surface area contributed by atoms with Crippen LogP contribution in [0.15, 0.2) is 48.1 Å². The Kier molecular flexibility index (Phi) is 8.91. The predicted octanol–water partition coefficient (Wildman–Crippen LogP) is 4.48. The molecule has 170 valence electrons. The Labute approximate surface area is 187 Å². The lowest BCUT2D eigenvalue weighted by atomic mass is 9.88. The van der Waals surface area contributed by atoms with Gasteiger partial charge >= 0.3 is 0 Å². The molecule has 4 heteroatoms. The molecule has 0 bridgehead atoms. The zero-order valence-electron chi connectivity index (χ0n) is 19.1. The van der Waals surface area contributed by atoms with Crippen LogP contribution in [0.25, 0.3) is 0 Å². The van der Waals surface area contributed by atoms with Crippen LogP contribution in [0.2, 0.25) is 0 Å². The van der Waals surface area contributed by atoms with Crippen molar-refractivity contribution in [3.05, 3.63) is 59.2 Å². The Bertz CT molecular complexity index is 784. The topological polar surface area (TPSA) is 69.6 Å². The first kappa shape index (κ1) is 23.7. The van der Waals surface area contributed by atoms with Crippen molar-refractivity contribution in [3.8, 4) is 0 Å². The van der Waals surface area contributed by atoms with E-state index in [1.807, 2.05) is 18.2 Å². The van der Waals surface area contributed by atoms with Crippen LogP contribution in [0.1, 0.15) is 63.0 Å². The normalized spacial score (nSPS) is 26.1. The third-order valence-corrected chi connectivity index (χ3v) is 6.76. The highest BCUT2D eigenvalue weighted by atomic mass is 16.3. The molecule has 0 spiro atoms. The van der Waals surface area contributed by atoms with Crippen molar-refractivity contribution in [2.75, 3.05) is 6.54 Å². The van der Waals surface area contributed by atoms with Gasteiger partial charge in [0.25, 0.3) is 0 Å². The van der Waals surface area contributed by atoms with Crippen molar-refractivity contribution < 1.29 is 15.0 Å². The number of allylic oxidation sites excluding steroid dienone is 2. The summed E-state index contributed by atoms with van der Waals surface area (Å²) >= 11 is 0. The third-order valence-electron chi connectivity index (χ3n) is 6.76. The summed E-state index contributed by atoms with van der Waals surface area (Å²) in [5.74, 6) is 1.17. The number of fused-ring (bicyclic) bond motifs is 1. The smallest absolute Gasteiger partial charge is 0.219 e. The Morgan fingerprint density at radius 3 is 2.94 bits per heavy atom. The summed E-state index contributed by atoms with van der Waals surface area (Å²) < 4.78 is 0. The van der Waals surface area contributed by atoms with Crippen LogP contribution < -0.4 is 5.32 Å². The molecule has 0 aliphatic heterocycles. The van der Waals surface area contributed by atoms with E-state index in [0.29, 0.717) is 24.7 Å². The molecule has 3 rings (SSSR count). The molecule has 1 fully saturated rings. The average Bonchev–Trinajstić information content (AvgIpc) is 3.24. The van der Waals surface area contributed by atoms with Gasteiger partial charge in [-0.3, -0.25) is 4.79 Å². The zero-order valence-corrected chi connectivity index (χ0v) is 19.1. The number of aliphatic hydroxyl groups excluding tert-OH is 2. The summed E-state index contributed by atoms with van der Waals surface area (Å²) in [7, 11) is 0. The Morgan fingerprint density at radius 2 is 2.16 bits per heavy atom. The molecule has 1 saturated carbocycles. The van der Waals surface area contributed by atoms with E-state index in [1.165, 1.54) is 11.1 Å². The van der Waals surface area contributed by atoms with Gasteiger partial charge in [0, 0.05) is 25.3 Å².